The number of oxime groups is 2. The minimum Gasteiger partial charge on any atom is -0.497 e. The summed E-state index contributed by atoms with van der Waals surface area (Å²) in [5, 5.41) is 38.4. The zero-order valence-corrected chi connectivity index (χ0v) is 56.3. The van der Waals surface area contributed by atoms with E-state index in [1.54, 1.807) is 107 Å². The summed E-state index contributed by atoms with van der Waals surface area (Å²) in [4.78, 5) is 80.6. The van der Waals surface area contributed by atoms with Crippen molar-refractivity contribution in [2.24, 2.45) is 10.3 Å². The monoisotopic (exact) mass is 1320 g/mol. The van der Waals surface area contributed by atoms with Crippen molar-refractivity contribution in [3.05, 3.63) is 168 Å². The highest BCUT2D eigenvalue weighted by molar-refractivity contribution is 6.03. The van der Waals surface area contributed by atoms with E-state index in [1.165, 1.54) is 69.8 Å². The Morgan fingerprint density at radius 1 is 0.417 bits per heavy atom. The normalized spacial score (nSPS) is 10.2. The molecule has 5 amide bonds. The Morgan fingerprint density at radius 3 is 1.18 bits per heavy atom. The number of aromatic nitrogens is 2. The second kappa shape index (κ2) is 39.9. The van der Waals surface area contributed by atoms with Gasteiger partial charge in [0, 0.05) is 146 Å². The number of carbonyl (C=O) groups excluding carboxylic acids is 7. The molecular weight excluding hydrogens is 1240 g/mol. The number of methoxy groups -OCH3 is 5. The lowest BCUT2D eigenvalue weighted by Crippen LogP contribution is -2.07. The first-order valence-electron chi connectivity index (χ1n) is 28.9. The van der Waals surface area contributed by atoms with Gasteiger partial charge in [-0.15, -0.1) is 0 Å². The Bertz CT molecular complexity index is 4180. The van der Waals surface area contributed by atoms with Crippen molar-refractivity contribution in [3.63, 3.8) is 0 Å². The van der Waals surface area contributed by atoms with Crippen LogP contribution in [-0.2, 0) is 33.6 Å². The van der Waals surface area contributed by atoms with Crippen molar-refractivity contribution in [2.75, 3.05) is 73.6 Å². The maximum Gasteiger partial charge on any atom is 0.331 e. The first-order chi connectivity index (χ1) is 45.5. The average molecular weight is 1320 g/mol. The van der Waals surface area contributed by atoms with Gasteiger partial charge in [-0.1, -0.05) is 32.8 Å². The van der Waals surface area contributed by atoms with Gasteiger partial charge in [0.15, 0.2) is 16.9 Å². The summed E-state index contributed by atoms with van der Waals surface area (Å²) in [5.74, 6) is 1.86. The average Bonchev–Trinajstić information content (AvgIpc) is 1.59. The van der Waals surface area contributed by atoms with E-state index in [0.29, 0.717) is 73.7 Å². The molecule has 0 radical (unpaired) electrons. The van der Waals surface area contributed by atoms with E-state index in [2.05, 4.69) is 52.0 Å². The fourth-order valence-corrected chi connectivity index (χ4v) is 8.01. The van der Waals surface area contributed by atoms with Gasteiger partial charge in [-0.05, 0) is 120 Å². The Labute approximate surface area is 555 Å². The van der Waals surface area contributed by atoms with Gasteiger partial charge in [-0.25, -0.2) is 4.79 Å². The third-order valence-corrected chi connectivity index (χ3v) is 12.3. The molecule has 2 heterocycles. The summed E-state index contributed by atoms with van der Waals surface area (Å²) in [5.41, 5.74) is 21.8. The van der Waals surface area contributed by atoms with Gasteiger partial charge < -0.3 is 80.8 Å². The summed E-state index contributed by atoms with van der Waals surface area (Å²) in [6, 6.07) is 40.7. The minimum absolute atomic E-state index is 0.0683. The Balaban J connectivity index is 0.000000295. The van der Waals surface area contributed by atoms with Gasteiger partial charge >= 0.3 is 5.97 Å². The molecule has 9 rings (SSSR count). The van der Waals surface area contributed by atoms with Crippen molar-refractivity contribution < 1.29 is 76.3 Å². The van der Waals surface area contributed by atoms with E-state index in [1.807, 2.05) is 74.5 Å². The number of hydrogen-bond acceptors (Lipinski definition) is 22. The van der Waals surface area contributed by atoms with Crippen LogP contribution in [0.1, 0.15) is 95.2 Å². The van der Waals surface area contributed by atoms with E-state index in [4.69, 9.17) is 49.4 Å². The van der Waals surface area contributed by atoms with Crippen molar-refractivity contribution in [1.29, 1.82) is 0 Å². The number of anilines is 7. The molecule has 0 atom stereocenters. The van der Waals surface area contributed by atoms with Crippen LogP contribution in [-0.4, -0.2) is 104 Å². The molecule has 0 spiro atoms. The second-order valence-corrected chi connectivity index (χ2v) is 20.2. The SMILES string of the molecule is CC(=O)Nc1ccc2c(C)noc2c1.COc1cc(NC(C)=O)ccc1/C(C)=N/O.COc1cc(NC(C)=O)ccc1C(C)=NOC(C)=O.COc1cc(NC(C)=O)ccc1C(C)=O.COc1cccc(N)c1.COc1cccc(NC(C)=O)c1.Cc1noc2cc(N)ccc12. The maximum atomic E-state index is 11.2. The summed E-state index contributed by atoms with van der Waals surface area (Å²) in [7, 11) is 7.72. The zero-order valence-electron chi connectivity index (χ0n) is 56.3. The highest BCUT2D eigenvalue weighted by atomic mass is 16.7. The Kier molecular flexibility index (Phi) is 32.4. The molecule has 27 heteroatoms. The van der Waals surface area contributed by atoms with Crippen LogP contribution in [0.25, 0.3) is 21.9 Å². The number of nitrogens with two attached hydrogens (primary N) is 2. The zero-order chi connectivity index (χ0) is 71.6. The second-order valence-electron chi connectivity index (χ2n) is 20.2. The smallest absolute Gasteiger partial charge is 0.331 e. The van der Waals surface area contributed by atoms with Gasteiger partial charge in [0.05, 0.1) is 63.9 Å². The van der Waals surface area contributed by atoms with Crippen molar-refractivity contribution >= 4 is 114 Å². The van der Waals surface area contributed by atoms with Crippen LogP contribution >= 0.6 is 0 Å². The van der Waals surface area contributed by atoms with Crippen molar-refractivity contribution in [3.8, 4) is 28.7 Å². The number of aryl methyl sites for hydroxylation is 2. The molecule has 0 saturated heterocycles. The molecule has 10 N–H and O–H groups in total. The number of carbonyl (C=O) groups is 7. The standard InChI is InChI=1S/C13H16N2O4.C11H14N2O3.C11H13NO3.C10H10N2O2.C9H11NO2.C8H8N2O.C7H9NO/c1-8(15-19-10(3)17)12-6-5-11(14-9(2)16)7-13(12)18-4;1-7(13-15)10-5-4-9(12-8(2)14)6-11(10)16-3;1-7(13)10-5-4-9(12-8(2)14)6-11(10)15-3;1-6-9-4-3-8(11-7(2)13)5-10(9)14-12-6;1-7(11)10-8-4-3-5-9(6-8)12-2;1-5-7-3-2-6(9)4-8(7)11-10-5;1-9-7-4-2-3-6(8)5-7/h5-7H,1-4H3,(H,14,16);4-6,15H,1-3H3,(H,12,14);4-6H,1-3H3,(H,12,14);3-5H,1-2H3,(H,11,13);3-6H,1-2H3,(H,10,11);2-4H,9H2,1H3;2-5H,8H2,1H3/b;13-7+;;;;;. The van der Waals surface area contributed by atoms with E-state index in [0.717, 1.165) is 56.3 Å². The lowest BCUT2D eigenvalue weighted by Gasteiger charge is -2.10. The number of nitrogen functional groups attached to an aromatic ring is 2. The number of rotatable bonds is 14. The van der Waals surface area contributed by atoms with Gasteiger partial charge in [0.1, 0.15) is 28.7 Å². The number of nitrogens with one attached hydrogen (secondary N) is 5. The third-order valence-electron chi connectivity index (χ3n) is 12.3. The molecule has 9 aromatic rings. The van der Waals surface area contributed by atoms with Gasteiger partial charge in [0.2, 0.25) is 29.5 Å². The van der Waals surface area contributed by atoms with E-state index in [9.17, 15) is 33.6 Å². The van der Waals surface area contributed by atoms with Gasteiger partial charge in [0.25, 0.3) is 0 Å². The summed E-state index contributed by atoms with van der Waals surface area (Å²) >= 11 is 0. The molecular formula is C69H81N11O16. The molecule has 0 unspecified atom stereocenters. The topological polar surface area (TPSA) is 384 Å². The van der Waals surface area contributed by atoms with Crippen LogP contribution in [0.5, 0.6) is 28.7 Å². The van der Waals surface area contributed by atoms with Crippen LogP contribution < -0.4 is 61.7 Å². The van der Waals surface area contributed by atoms with Crippen molar-refractivity contribution in [2.45, 2.75) is 76.2 Å². The number of ketones is 1. The molecule has 2 aromatic heterocycles. The number of benzene rings is 7. The first kappa shape index (κ1) is 78.0. The quantitative estimate of drug-likeness (QED) is 0.0125. The predicted molar refractivity (Wildman–Crippen MR) is 371 cm³/mol. The number of ether oxygens (including phenoxy) is 5. The molecule has 0 fully saturated rings. The van der Waals surface area contributed by atoms with E-state index in [-0.39, 0.29) is 35.3 Å². The molecule has 0 saturated carbocycles. The maximum absolute atomic E-state index is 11.2. The first-order valence-corrected chi connectivity index (χ1v) is 28.9. The minimum atomic E-state index is -0.492. The third kappa shape index (κ3) is 27.3. The molecule has 96 heavy (non-hydrogen) atoms. The van der Waals surface area contributed by atoms with Crippen LogP contribution in [0.15, 0.2) is 159 Å². The number of Topliss-reactive ketones (excluding diaryl/α,β-unsaturated/α-hetero) is 1. The van der Waals surface area contributed by atoms with Gasteiger partial charge in [-0.3, -0.25) is 28.8 Å². The molecule has 27 nitrogen and oxygen atoms in total. The van der Waals surface area contributed by atoms with Crippen LogP contribution in [0.3, 0.4) is 0 Å². The van der Waals surface area contributed by atoms with Crippen LogP contribution in [0.4, 0.5) is 39.8 Å². The molecule has 0 aliphatic heterocycles. The Morgan fingerprint density at radius 2 is 0.781 bits per heavy atom. The lowest BCUT2D eigenvalue weighted by atomic mass is 10.1. The largest absolute Gasteiger partial charge is 0.497 e. The number of nitrogens with zero attached hydrogens (tertiary/aromatic N) is 4. The van der Waals surface area contributed by atoms with Crippen LogP contribution in [0.2, 0.25) is 0 Å². The molecule has 0 bridgehead atoms. The predicted octanol–water partition coefficient (Wildman–Crippen LogP) is 12.4. The highest BCUT2D eigenvalue weighted by Gasteiger charge is 2.13. The van der Waals surface area contributed by atoms with Gasteiger partial charge in [-0.2, -0.15) is 0 Å². The number of fused-ring (bicyclic) bond motifs is 2. The van der Waals surface area contributed by atoms with Crippen molar-refractivity contribution in [1.82, 2.24) is 10.3 Å². The number of amides is 5. The number of hydrogen-bond donors (Lipinski definition) is 8. The summed E-state index contributed by atoms with van der Waals surface area (Å²) < 4.78 is 35.4. The highest BCUT2D eigenvalue weighted by Crippen LogP contribution is 2.28. The molecule has 0 aliphatic carbocycles. The lowest BCUT2D eigenvalue weighted by molar-refractivity contribution is -0.141. The summed E-state index contributed by atoms with van der Waals surface area (Å²) in [6.45, 7) is 17.1. The molecule has 7 aromatic carbocycles. The fourth-order valence-electron chi connectivity index (χ4n) is 8.01. The van der Waals surface area contributed by atoms with E-state index < -0.39 is 5.97 Å². The molecule has 0 aliphatic rings. The van der Waals surface area contributed by atoms with E-state index >= 15 is 0 Å². The summed E-state index contributed by atoms with van der Waals surface area (Å²) in [6.07, 6.45) is 0. The fraction of sp³-hybridized carbons (Fsp3) is 0.232. The Hall–Kier alpha value is -12.3. The van der Waals surface area contributed by atoms with Crippen LogP contribution in [0, 0.1) is 13.8 Å². The molecule has 508 valence electrons.